The van der Waals surface area contributed by atoms with Crippen molar-refractivity contribution >= 4 is 11.5 Å². The van der Waals surface area contributed by atoms with Gasteiger partial charge in [0.2, 0.25) is 0 Å². The third kappa shape index (κ3) is 2.64. The van der Waals surface area contributed by atoms with Gasteiger partial charge >= 0.3 is 0 Å². The van der Waals surface area contributed by atoms with Gasteiger partial charge in [-0.3, -0.25) is 4.99 Å². The first-order valence-electron chi connectivity index (χ1n) is 10.6. The number of amidine groups is 1. The highest BCUT2D eigenvalue weighted by Crippen LogP contribution is 2.61. The van der Waals surface area contributed by atoms with Gasteiger partial charge in [-0.2, -0.15) is 5.26 Å². The molecular formula is C25H26N4O. The van der Waals surface area contributed by atoms with E-state index in [0.29, 0.717) is 11.4 Å². The van der Waals surface area contributed by atoms with Crippen LogP contribution >= 0.6 is 0 Å². The maximum Gasteiger partial charge on any atom is 0.184 e. The molecule has 3 N–H and O–H groups in total. The predicted molar refractivity (Wildman–Crippen MR) is 118 cm³/mol. The summed E-state index contributed by atoms with van der Waals surface area (Å²) >= 11 is 0. The average molecular weight is 399 g/mol. The number of hydrogen-bond acceptors (Lipinski definition) is 5. The molecule has 0 amide bonds. The van der Waals surface area contributed by atoms with Crippen LogP contribution in [0, 0.1) is 23.7 Å². The van der Waals surface area contributed by atoms with Crippen LogP contribution in [0.1, 0.15) is 54.9 Å². The number of nitrogens with two attached hydrogens (primary N) is 1. The standard InChI is InChI=1S/C25H26N4O/c1-15-9-17(14-26)11-20(10-15)18-3-4-19-13-24(7-5-21(30)6-8-24)25(22(19)12-18)28-16(2)23(27)29-25/h3-4,9-12,21,30H,5-8,13H2,1-2H3,(H2,27,29)/t21?,24?,25-/m1/s1. The van der Waals surface area contributed by atoms with Gasteiger partial charge in [-0.1, -0.05) is 18.2 Å². The second-order valence-electron chi connectivity index (χ2n) is 9.13. The zero-order valence-corrected chi connectivity index (χ0v) is 17.4. The van der Waals surface area contributed by atoms with E-state index in [4.69, 9.17) is 15.7 Å². The van der Waals surface area contributed by atoms with E-state index in [1.165, 1.54) is 5.56 Å². The third-order valence-electron chi connectivity index (χ3n) is 7.19. The van der Waals surface area contributed by atoms with Gasteiger partial charge in [0.05, 0.1) is 23.4 Å². The molecule has 0 radical (unpaired) electrons. The van der Waals surface area contributed by atoms with E-state index in [0.717, 1.165) is 60.1 Å². The van der Waals surface area contributed by atoms with Crippen LogP contribution in [0.25, 0.3) is 11.1 Å². The van der Waals surface area contributed by atoms with Crippen molar-refractivity contribution in [3.05, 3.63) is 58.7 Å². The van der Waals surface area contributed by atoms with Crippen molar-refractivity contribution < 1.29 is 5.11 Å². The summed E-state index contributed by atoms with van der Waals surface area (Å²) in [5.74, 6) is 0.515. The molecule has 3 aliphatic rings. The molecular weight excluding hydrogens is 372 g/mol. The summed E-state index contributed by atoms with van der Waals surface area (Å²) in [7, 11) is 0. The first-order valence-corrected chi connectivity index (χ1v) is 10.6. The van der Waals surface area contributed by atoms with E-state index >= 15 is 0 Å². The smallest absolute Gasteiger partial charge is 0.184 e. The van der Waals surface area contributed by atoms with Crippen LogP contribution in [0.2, 0.25) is 0 Å². The summed E-state index contributed by atoms with van der Waals surface area (Å²) < 4.78 is 0. The van der Waals surface area contributed by atoms with E-state index < -0.39 is 5.66 Å². The van der Waals surface area contributed by atoms with Crippen LogP contribution < -0.4 is 5.73 Å². The summed E-state index contributed by atoms with van der Waals surface area (Å²) in [6.45, 7) is 3.94. The SMILES string of the molecule is CC1=N[C@@]2(N=C1N)c1cc(-c3cc(C)cc(C#N)c3)ccc1CC21CCC(O)CC1. The Bertz CT molecular complexity index is 1130. The van der Waals surface area contributed by atoms with Gasteiger partial charge in [0.15, 0.2) is 5.66 Å². The molecule has 1 fully saturated rings. The van der Waals surface area contributed by atoms with Gasteiger partial charge in [0, 0.05) is 11.0 Å². The molecule has 0 aromatic heterocycles. The van der Waals surface area contributed by atoms with Gasteiger partial charge < -0.3 is 10.8 Å². The molecule has 1 saturated carbocycles. The lowest BCUT2D eigenvalue weighted by Crippen LogP contribution is -2.43. The Morgan fingerprint density at radius 3 is 2.50 bits per heavy atom. The number of benzene rings is 2. The molecule has 2 spiro atoms. The van der Waals surface area contributed by atoms with Gasteiger partial charge in [0.25, 0.3) is 0 Å². The first-order chi connectivity index (χ1) is 14.4. The zero-order valence-electron chi connectivity index (χ0n) is 17.4. The molecule has 30 heavy (non-hydrogen) atoms. The maximum atomic E-state index is 10.2. The Morgan fingerprint density at radius 2 is 1.83 bits per heavy atom. The number of aliphatic hydroxyl groups excluding tert-OH is 1. The molecule has 0 bridgehead atoms. The first kappa shape index (κ1) is 19.0. The number of aliphatic imine (C=N–C) groups is 2. The number of aryl methyl sites for hydroxylation is 1. The summed E-state index contributed by atoms with van der Waals surface area (Å²) in [5, 5.41) is 19.5. The van der Waals surface area contributed by atoms with Crippen LogP contribution in [0.3, 0.4) is 0 Å². The fourth-order valence-corrected chi connectivity index (χ4v) is 5.64. The summed E-state index contributed by atoms with van der Waals surface area (Å²) in [5.41, 5.74) is 12.4. The molecule has 5 heteroatoms. The van der Waals surface area contributed by atoms with E-state index in [9.17, 15) is 10.4 Å². The minimum Gasteiger partial charge on any atom is -0.393 e. The summed E-state index contributed by atoms with van der Waals surface area (Å²) in [6, 6.07) is 14.7. The van der Waals surface area contributed by atoms with Crippen molar-refractivity contribution in [1.82, 2.24) is 0 Å². The highest BCUT2D eigenvalue weighted by molar-refractivity contribution is 6.41. The average Bonchev–Trinajstić information content (AvgIpc) is 3.17. The van der Waals surface area contributed by atoms with Crippen molar-refractivity contribution in [3.8, 4) is 17.2 Å². The molecule has 0 saturated heterocycles. The highest BCUT2D eigenvalue weighted by atomic mass is 16.3. The van der Waals surface area contributed by atoms with Crippen LogP contribution in [0.5, 0.6) is 0 Å². The Kier molecular flexibility index (Phi) is 4.13. The highest BCUT2D eigenvalue weighted by Gasteiger charge is 2.60. The number of nitriles is 1. The molecule has 5 rings (SSSR count). The maximum absolute atomic E-state index is 10.2. The number of nitrogens with zero attached hydrogens (tertiary/aromatic N) is 3. The van der Waals surface area contributed by atoms with Gasteiger partial charge in [-0.25, -0.2) is 4.99 Å². The summed E-state index contributed by atoms with van der Waals surface area (Å²) in [6.07, 6.45) is 3.98. The fourth-order valence-electron chi connectivity index (χ4n) is 5.64. The molecule has 1 heterocycles. The van der Waals surface area contributed by atoms with Crippen LogP contribution in [-0.2, 0) is 12.1 Å². The number of fused-ring (bicyclic) bond motifs is 3. The second kappa shape index (κ2) is 6.52. The van der Waals surface area contributed by atoms with E-state index in [1.807, 2.05) is 26.0 Å². The molecule has 0 unspecified atom stereocenters. The fraction of sp³-hybridized carbons (Fsp3) is 0.400. The van der Waals surface area contributed by atoms with Gasteiger partial charge in [-0.15, -0.1) is 0 Å². The lowest BCUT2D eigenvalue weighted by molar-refractivity contribution is 0.0233. The van der Waals surface area contributed by atoms with Crippen molar-refractivity contribution in [2.75, 3.05) is 0 Å². The van der Waals surface area contributed by atoms with Crippen LogP contribution in [-0.4, -0.2) is 22.8 Å². The Hall–Kier alpha value is -2.97. The lowest BCUT2D eigenvalue weighted by Gasteiger charge is -2.44. The van der Waals surface area contributed by atoms with E-state index in [-0.39, 0.29) is 11.5 Å². The number of hydrogen-bond donors (Lipinski definition) is 2. The lowest BCUT2D eigenvalue weighted by atomic mass is 9.65. The van der Waals surface area contributed by atoms with Crippen molar-refractivity contribution in [3.63, 3.8) is 0 Å². The Balaban J connectivity index is 1.68. The Labute approximate surface area is 177 Å². The molecule has 1 aliphatic heterocycles. The van der Waals surface area contributed by atoms with Crippen molar-refractivity contribution in [1.29, 1.82) is 5.26 Å². The second-order valence-corrected chi connectivity index (χ2v) is 9.13. The normalized spacial score (nSPS) is 29.6. The molecule has 5 nitrogen and oxygen atoms in total. The van der Waals surface area contributed by atoms with Gasteiger partial charge in [0.1, 0.15) is 5.84 Å². The van der Waals surface area contributed by atoms with Crippen LogP contribution in [0.4, 0.5) is 0 Å². The largest absolute Gasteiger partial charge is 0.393 e. The van der Waals surface area contributed by atoms with Gasteiger partial charge in [-0.05, 0) is 86.4 Å². The number of rotatable bonds is 1. The monoisotopic (exact) mass is 398 g/mol. The predicted octanol–water partition coefficient (Wildman–Crippen LogP) is 4.00. The van der Waals surface area contributed by atoms with E-state index in [1.54, 1.807) is 0 Å². The molecule has 2 aliphatic carbocycles. The van der Waals surface area contributed by atoms with Crippen molar-refractivity contribution in [2.24, 2.45) is 21.1 Å². The quantitative estimate of drug-likeness (QED) is 0.760. The third-order valence-corrected chi connectivity index (χ3v) is 7.19. The minimum atomic E-state index is -0.700. The molecule has 1 atom stereocenters. The topological polar surface area (TPSA) is 94.8 Å². The molecule has 2 aromatic carbocycles. The zero-order chi connectivity index (χ0) is 21.1. The number of aliphatic hydroxyl groups is 1. The van der Waals surface area contributed by atoms with Crippen molar-refractivity contribution in [2.45, 2.75) is 57.7 Å². The minimum absolute atomic E-state index is 0.139. The Morgan fingerprint density at radius 1 is 1.07 bits per heavy atom. The summed E-state index contributed by atoms with van der Waals surface area (Å²) in [4.78, 5) is 10.1. The van der Waals surface area contributed by atoms with Crippen LogP contribution in [0.15, 0.2) is 46.4 Å². The molecule has 2 aromatic rings. The van der Waals surface area contributed by atoms with E-state index in [2.05, 4.69) is 30.3 Å². The molecule has 152 valence electrons.